The molecule has 2 atom stereocenters. The maximum Gasteiger partial charge on any atom is 0.165 e. The monoisotopic (exact) mass is 204 g/mol. The van der Waals surface area contributed by atoms with Gasteiger partial charge in [0.2, 0.25) is 0 Å². The van der Waals surface area contributed by atoms with Gasteiger partial charge in [0, 0.05) is 5.75 Å². The largest absolute Gasteiger partial charge is 0.379 e. The van der Waals surface area contributed by atoms with Crippen LogP contribution in [0, 0.1) is 5.41 Å². The summed E-state index contributed by atoms with van der Waals surface area (Å²) in [5.41, 5.74) is 5.22. The number of nitrogens with one attached hydrogen (secondary N) is 1. The van der Waals surface area contributed by atoms with Gasteiger partial charge in [-0.15, -0.1) is 0 Å². The van der Waals surface area contributed by atoms with E-state index in [1.807, 2.05) is 13.8 Å². The fourth-order valence-corrected chi connectivity index (χ4v) is 1.67. The molecule has 1 aliphatic rings. The fourth-order valence-electron chi connectivity index (χ4n) is 1.14. The number of ether oxygens (including phenoxy) is 2. The topological polar surface area (TPSA) is 68.3 Å². The number of thioether (sulfide) groups is 1. The summed E-state index contributed by atoms with van der Waals surface area (Å²) in [7, 11) is 0. The van der Waals surface area contributed by atoms with E-state index in [-0.39, 0.29) is 11.3 Å². The number of rotatable bonds is 3. The summed E-state index contributed by atoms with van der Waals surface area (Å²) in [6, 6.07) is 0. The van der Waals surface area contributed by atoms with Crippen molar-refractivity contribution in [3.8, 4) is 0 Å². The molecule has 0 bridgehead atoms. The summed E-state index contributed by atoms with van der Waals surface area (Å²) in [6.45, 7) is 4.57. The van der Waals surface area contributed by atoms with E-state index >= 15 is 0 Å². The Kier molecular flexibility index (Phi) is 3.58. The normalized spacial score (nSPS) is 33.5. The second-order valence-electron chi connectivity index (χ2n) is 3.21. The van der Waals surface area contributed by atoms with Crippen LogP contribution >= 0.6 is 11.8 Å². The average molecular weight is 204 g/mol. The van der Waals surface area contributed by atoms with Crippen LogP contribution in [-0.4, -0.2) is 29.4 Å². The number of nitrogens with two attached hydrogens (primary N) is 1. The van der Waals surface area contributed by atoms with Crippen LogP contribution in [-0.2, 0) is 9.47 Å². The van der Waals surface area contributed by atoms with Gasteiger partial charge in [0.1, 0.15) is 0 Å². The first-order valence-electron chi connectivity index (χ1n) is 4.34. The molecule has 0 radical (unpaired) electrons. The third kappa shape index (κ3) is 3.17. The van der Waals surface area contributed by atoms with Gasteiger partial charge < -0.3 is 15.2 Å². The molecule has 5 heteroatoms. The summed E-state index contributed by atoms with van der Waals surface area (Å²) >= 11 is 1.30. The summed E-state index contributed by atoms with van der Waals surface area (Å²) in [5.74, 6) is 0.271. The van der Waals surface area contributed by atoms with Gasteiger partial charge in [-0.1, -0.05) is 18.7 Å². The van der Waals surface area contributed by atoms with Gasteiger partial charge in [-0.05, 0) is 13.3 Å². The molecule has 1 saturated heterocycles. The van der Waals surface area contributed by atoms with Gasteiger partial charge in [-0.3, -0.25) is 5.41 Å². The second-order valence-corrected chi connectivity index (χ2v) is 4.28. The molecule has 0 aromatic carbocycles. The van der Waals surface area contributed by atoms with Gasteiger partial charge in [0.05, 0.1) is 12.7 Å². The Balaban J connectivity index is 2.29. The summed E-state index contributed by atoms with van der Waals surface area (Å²) in [5, 5.41) is 7.18. The highest BCUT2D eigenvalue weighted by Crippen LogP contribution is 2.27. The first-order chi connectivity index (χ1) is 6.06. The van der Waals surface area contributed by atoms with Crippen LogP contribution < -0.4 is 5.73 Å². The third-order valence-electron chi connectivity index (χ3n) is 2.06. The van der Waals surface area contributed by atoms with E-state index in [9.17, 15) is 0 Å². The standard InChI is InChI=1S/C8H16N2O2S/c1-3-8(2)11-4-6(12-8)5-13-7(9)10/h6H,3-5H2,1-2H3,(H3,9,10)/t6-,8-/m0/s1. The van der Waals surface area contributed by atoms with Crippen LogP contribution in [0.2, 0.25) is 0 Å². The lowest BCUT2D eigenvalue weighted by Gasteiger charge is -2.20. The molecule has 1 aliphatic heterocycles. The SMILES string of the molecule is CC[C@@]1(C)OC[C@@H](CSC(=N)N)O1. The Morgan fingerprint density at radius 1 is 1.77 bits per heavy atom. The average Bonchev–Trinajstić information content (AvgIpc) is 2.45. The minimum atomic E-state index is -0.429. The molecular weight excluding hydrogens is 188 g/mol. The van der Waals surface area contributed by atoms with Crippen molar-refractivity contribution in [1.29, 1.82) is 5.41 Å². The first-order valence-corrected chi connectivity index (χ1v) is 5.33. The van der Waals surface area contributed by atoms with Crippen molar-refractivity contribution >= 4 is 16.9 Å². The molecule has 1 rings (SSSR count). The summed E-state index contributed by atoms with van der Waals surface area (Å²) in [4.78, 5) is 0. The number of hydrogen-bond acceptors (Lipinski definition) is 4. The molecule has 76 valence electrons. The van der Waals surface area contributed by atoms with Crippen LogP contribution in [0.25, 0.3) is 0 Å². The van der Waals surface area contributed by atoms with Crippen molar-refractivity contribution < 1.29 is 9.47 Å². The predicted octanol–water partition coefficient (Wildman–Crippen LogP) is 1.15. The van der Waals surface area contributed by atoms with E-state index in [4.69, 9.17) is 20.6 Å². The molecular formula is C8H16N2O2S. The van der Waals surface area contributed by atoms with Gasteiger partial charge >= 0.3 is 0 Å². The molecule has 1 fully saturated rings. The maximum atomic E-state index is 7.05. The molecule has 0 saturated carbocycles. The highest BCUT2D eigenvalue weighted by Gasteiger charge is 2.35. The van der Waals surface area contributed by atoms with E-state index in [1.54, 1.807) is 0 Å². The Bertz CT molecular complexity index is 201. The van der Waals surface area contributed by atoms with E-state index in [0.717, 1.165) is 6.42 Å². The van der Waals surface area contributed by atoms with E-state index in [2.05, 4.69) is 0 Å². The van der Waals surface area contributed by atoms with Crippen LogP contribution in [0.3, 0.4) is 0 Å². The Morgan fingerprint density at radius 2 is 2.46 bits per heavy atom. The maximum absolute atomic E-state index is 7.05. The fraction of sp³-hybridized carbons (Fsp3) is 0.875. The summed E-state index contributed by atoms with van der Waals surface area (Å²) < 4.78 is 11.1. The third-order valence-corrected chi connectivity index (χ3v) is 2.91. The molecule has 0 aromatic rings. The predicted molar refractivity (Wildman–Crippen MR) is 53.9 cm³/mol. The zero-order valence-corrected chi connectivity index (χ0v) is 8.82. The van der Waals surface area contributed by atoms with Crippen molar-refractivity contribution in [2.75, 3.05) is 12.4 Å². The van der Waals surface area contributed by atoms with Gasteiger partial charge in [-0.2, -0.15) is 0 Å². The van der Waals surface area contributed by atoms with Crippen LogP contribution in [0.5, 0.6) is 0 Å². The van der Waals surface area contributed by atoms with Crippen LogP contribution in [0.1, 0.15) is 20.3 Å². The highest BCUT2D eigenvalue weighted by atomic mass is 32.2. The minimum absolute atomic E-state index is 0.0684. The van der Waals surface area contributed by atoms with Gasteiger partial charge in [0.15, 0.2) is 11.0 Å². The molecule has 4 nitrogen and oxygen atoms in total. The first kappa shape index (κ1) is 10.8. The van der Waals surface area contributed by atoms with Gasteiger partial charge in [-0.25, -0.2) is 0 Å². The van der Waals surface area contributed by atoms with Crippen molar-refractivity contribution in [3.63, 3.8) is 0 Å². The zero-order chi connectivity index (χ0) is 9.90. The van der Waals surface area contributed by atoms with Crippen LogP contribution in [0.4, 0.5) is 0 Å². The molecule has 3 N–H and O–H groups in total. The summed E-state index contributed by atoms with van der Waals surface area (Å²) in [6.07, 6.45) is 0.910. The lowest BCUT2D eigenvalue weighted by atomic mass is 10.2. The lowest BCUT2D eigenvalue weighted by molar-refractivity contribution is -0.152. The molecule has 0 amide bonds. The van der Waals surface area contributed by atoms with Crippen molar-refractivity contribution in [3.05, 3.63) is 0 Å². The Labute approximate surface area is 82.7 Å². The minimum Gasteiger partial charge on any atom is -0.379 e. The molecule has 13 heavy (non-hydrogen) atoms. The zero-order valence-electron chi connectivity index (χ0n) is 8.00. The molecule has 0 aromatic heterocycles. The lowest BCUT2D eigenvalue weighted by Crippen LogP contribution is -2.26. The van der Waals surface area contributed by atoms with E-state index in [1.165, 1.54) is 11.8 Å². The highest BCUT2D eigenvalue weighted by molar-refractivity contribution is 8.13. The van der Waals surface area contributed by atoms with Crippen molar-refractivity contribution in [1.82, 2.24) is 0 Å². The number of amidine groups is 1. The van der Waals surface area contributed by atoms with E-state index < -0.39 is 5.79 Å². The molecule has 0 unspecified atom stereocenters. The van der Waals surface area contributed by atoms with E-state index in [0.29, 0.717) is 12.4 Å². The van der Waals surface area contributed by atoms with Crippen LogP contribution in [0.15, 0.2) is 0 Å². The van der Waals surface area contributed by atoms with Crippen molar-refractivity contribution in [2.24, 2.45) is 5.73 Å². The Hall–Kier alpha value is -0.260. The Morgan fingerprint density at radius 3 is 2.92 bits per heavy atom. The molecule has 1 heterocycles. The molecule has 0 aliphatic carbocycles. The van der Waals surface area contributed by atoms with Crippen molar-refractivity contribution in [2.45, 2.75) is 32.2 Å². The second kappa shape index (κ2) is 4.30. The molecule has 0 spiro atoms. The smallest absolute Gasteiger partial charge is 0.165 e. The quantitative estimate of drug-likeness (QED) is 0.534. The number of hydrogen-bond donors (Lipinski definition) is 2. The van der Waals surface area contributed by atoms with Gasteiger partial charge in [0.25, 0.3) is 0 Å².